The molecule has 126 valence electrons. The Morgan fingerprint density at radius 2 is 1.79 bits per heavy atom. The smallest absolute Gasteiger partial charge is 0.315 e. The summed E-state index contributed by atoms with van der Waals surface area (Å²) in [6.45, 7) is 1.25. The van der Waals surface area contributed by atoms with E-state index in [2.05, 4.69) is 10.6 Å². The maximum absolute atomic E-state index is 11.8. The summed E-state index contributed by atoms with van der Waals surface area (Å²) in [5.74, 6) is 2.28. The number of fused-ring (bicyclic) bond motifs is 1. The van der Waals surface area contributed by atoms with Gasteiger partial charge in [-0.15, -0.1) is 0 Å². The van der Waals surface area contributed by atoms with Crippen molar-refractivity contribution >= 4 is 6.03 Å². The first-order valence-corrected chi connectivity index (χ1v) is 7.78. The van der Waals surface area contributed by atoms with E-state index in [9.17, 15) is 4.79 Å². The van der Waals surface area contributed by atoms with Crippen LogP contribution in [0.3, 0.4) is 0 Å². The lowest BCUT2D eigenvalue weighted by Crippen LogP contribution is -2.36. The molecule has 0 atom stereocenters. The van der Waals surface area contributed by atoms with Gasteiger partial charge in [-0.25, -0.2) is 4.79 Å². The van der Waals surface area contributed by atoms with Crippen LogP contribution in [0.25, 0.3) is 0 Å². The fourth-order valence-electron chi connectivity index (χ4n) is 2.41. The van der Waals surface area contributed by atoms with Crippen LogP contribution in [-0.2, 0) is 13.0 Å². The van der Waals surface area contributed by atoms with Crippen LogP contribution >= 0.6 is 0 Å². The van der Waals surface area contributed by atoms with E-state index in [0.29, 0.717) is 18.8 Å². The number of carbonyl (C=O) groups excluding carboxylic acids is 1. The van der Waals surface area contributed by atoms with Gasteiger partial charge in [0.1, 0.15) is 5.75 Å². The summed E-state index contributed by atoms with van der Waals surface area (Å²) in [6, 6.07) is 13.2. The minimum absolute atomic E-state index is 0.193. The van der Waals surface area contributed by atoms with E-state index in [1.54, 1.807) is 7.11 Å². The van der Waals surface area contributed by atoms with Crippen molar-refractivity contribution < 1.29 is 19.0 Å². The maximum atomic E-state index is 11.8. The average Bonchev–Trinajstić information content (AvgIpc) is 3.08. The van der Waals surface area contributed by atoms with Crippen LogP contribution in [0.1, 0.15) is 11.1 Å². The highest BCUT2D eigenvalue weighted by Crippen LogP contribution is 2.32. The molecule has 0 aromatic heterocycles. The Kier molecular flexibility index (Phi) is 5.05. The van der Waals surface area contributed by atoms with Crippen molar-refractivity contribution in [1.29, 1.82) is 0 Å². The SMILES string of the molecule is COc1ccc(CCNC(=O)NCc2ccc3c(c2)OCO3)cc1. The predicted octanol–water partition coefficient (Wildman–Crippen LogP) is 2.47. The summed E-state index contributed by atoms with van der Waals surface area (Å²) in [5.41, 5.74) is 2.11. The number of benzene rings is 2. The highest BCUT2D eigenvalue weighted by Gasteiger charge is 2.13. The molecule has 2 amide bonds. The van der Waals surface area contributed by atoms with Crippen molar-refractivity contribution in [3.05, 3.63) is 53.6 Å². The lowest BCUT2D eigenvalue weighted by molar-refractivity contribution is 0.174. The normalized spacial score (nSPS) is 11.9. The third-order valence-corrected chi connectivity index (χ3v) is 3.75. The molecular formula is C18H20N2O4. The van der Waals surface area contributed by atoms with Gasteiger partial charge in [-0.3, -0.25) is 0 Å². The zero-order valence-corrected chi connectivity index (χ0v) is 13.5. The second-order valence-corrected chi connectivity index (χ2v) is 5.40. The first kappa shape index (κ1) is 16.0. The van der Waals surface area contributed by atoms with Crippen molar-refractivity contribution in [3.63, 3.8) is 0 Å². The van der Waals surface area contributed by atoms with Gasteiger partial charge in [0.15, 0.2) is 11.5 Å². The quantitative estimate of drug-likeness (QED) is 0.855. The van der Waals surface area contributed by atoms with Gasteiger partial charge in [-0.2, -0.15) is 0 Å². The Hall–Kier alpha value is -2.89. The second-order valence-electron chi connectivity index (χ2n) is 5.40. The van der Waals surface area contributed by atoms with Crippen LogP contribution in [0.15, 0.2) is 42.5 Å². The molecule has 0 radical (unpaired) electrons. The molecule has 1 aliphatic heterocycles. The van der Waals surface area contributed by atoms with E-state index < -0.39 is 0 Å². The molecule has 0 saturated heterocycles. The first-order chi connectivity index (χ1) is 11.7. The van der Waals surface area contributed by atoms with Crippen LogP contribution < -0.4 is 24.8 Å². The number of hydrogen-bond donors (Lipinski definition) is 2. The average molecular weight is 328 g/mol. The molecule has 3 rings (SSSR count). The number of nitrogens with one attached hydrogen (secondary N) is 2. The number of hydrogen-bond acceptors (Lipinski definition) is 4. The van der Waals surface area contributed by atoms with Crippen molar-refractivity contribution in [2.75, 3.05) is 20.4 Å². The second kappa shape index (κ2) is 7.59. The van der Waals surface area contributed by atoms with Crippen molar-refractivity contribution in [3.8, 4) is 17.2 Å². The summed E-state index contributed by atoms with van der Waals surface area (Å²) >= 11 is 0. The highest BCUT2D eigenvalue weighted by molar-refractivity contribution is 5.73. The lowest BCUT2D eigenvalue weighted by atomic mass is 10.1. The third-order valence-electron chi connectivity index (χ3n) is 3.75. The molecule has 0 saturated carbocycles. The van der Waals surface area contributed by atoms with Gasteiger partial charge in [-0.05, 0) is 41.8 Å². The lowest BCUT2D eigenvalue weighted by Gasteiger charge is -2.08. The van der Waals surface area contributed by atoms with Crippen molar-refractivity contribution in [2.24, 2.45) is 0 Å². The van der Waals surface area contributed by atoms with Gasteiger partial charge in [0.05, 0.1) is 7.11 Å². The number of carbonyl (C=O) groups is 1. The summed E-state index contributed by atoms with van der Waals surface area (Å²) in [5, 5.41) is 5.67. The molecule has 0 spiro atoms. The van der Waals surface area contributed by atoms with E-state index in [4.69, 9.17) is 14.2 Å². The predicted molar refractivity (Wildman–Crippen MR) is 89.5 cm³/mol. The monoisotopic (exact) mass is 328 g/mol. The molecule has 0 bridgehead atoms. The Labute approximate surface area is 140 Å². The molecule has 0 aliphatic carbocycles. The molecule has 0 unspecified atom stereocenters. The van der Waals surface area contributed by atoms with E-state index in [-0.39, 0.29) is 12.8 Å². The Morgan fingerprint density at radius 3 is 2.58 bits per heavy atom. The molecule has 0 fully saturated rings. The number of methoxy groups -OCH3 is 1. The minimum Gasteiger partial charge on any atom is -0.497 e. The molecule has 2 aromatic carbocycles. The minimum atomic E-state index is -0.193. The van der Waals surface area contributed by atoms with Gasteiger partial charge < -0.3 is 24.8 Å². The molecule has 6 heteroatoms. The third kappa shape index (κ3) is 4.10. The van der Waals surface area contributed by atoms with Crippen LogP contribution in [-0.4, -0.2) is 26.5 Å². The van der Waals surface area contributed by atoms with E-state index in [1.807, 2.05) is 42.5 Å². The van der Waals surface area contributed by atoms with Gasteiger partial charge >= 0.3 is 6.03 Å². The standard InChI is InChI=1S/C18H20N2O4/c1-22-15-5-2-13(3-6-15)8-9-19-18(21)20-11-14-4-7-16-17(10-14)24-12-23-16/h2-7,10H,8-9,11-12H2,1H3,(H2,19,20,21). The van der Waals surface area contributed by atoms with Gasteiger partial charge in [0, 0.05) is 13.1 Å². The molecule has 6 nitrogen and oxygen atoms in total. The van der Waals surface area contributed by atoms with Crippen LogP contribution in [0, 0.1) is 0 Å². The zero-order valence-electron chi connectivity index (χ0n) is 13.5. The maximum Gasteiger partial charge on any atom is 0.315 e. The fourth-order valence-corrected chi connectivity index (χ4v) is 2.41. The van der Waals surface area contributed by atoms with E-state index >= 15 is 0 Å². The first-order valence-electron chi connectivity index (χ1n) is 7.78. The van der Waals surface area contributed by atoms with Crippen LogP contribution in [0.2, 0.25) is 0 Å². The Balaban J connectivity index is 1.39. The number of ether oxygens (including phenoxy) is 3. The number of urea groups is 1. The van der Waals surface area contributed by atoms with Crippen LogP contribution in [0.5, 0.6) is 17.2 Å². The molecule has 24 heavy (non-hydrogen) atoms. The number of amides is 2. The summed E-state index contributed by atoms with van der Waals surface area (Å²) in [7, 11) is 1.64. The van der Waals surface area contributed by atoms with Gasteiger partial charge in [-0.1, -0.05) is 18.2 Å². The molecule has 1 heterocycles. The van der Waals surface area contributed by atoms with E-state index in [1.165, 1.54) is 0 Å². The topological polar surface area (TPSA) is 68.8 Å². The largest absolute Gasteiger partial charge is 0.497 e. The zero-order chi connectivity index (χ0) is 16.8. The van der Waals surface area contributed by atoms with E-state index in [0.717, 1.165) is 29.0 Å². The van der Waals surface area contributed by atoms with Crippen molar-refractivity contribution in [1.82, 2.24) is 10.6 Å². The van der Waals surface area contributed by atoms with Crippen LogP contribution in [0.4, 0.5) is 4.79 Å². The van der Waals surface area contributed by atoms with Crippen molar-refractivity contribution in [2.45, 2.75) is 13.0 Å². The molecule has 1 aliphatic rings. The summed E-state index contributed by atoms with van der Waals surface area (Å²) in [6.07, 6.45) is 0.765. The van der Waals surface area contributed by atoms with Gasteiger partial charge in [0.25, 0.3) is 0 Å². The molecular weight excluding hydrogens is 308 g/mol. The summed E-state index contributed by atoms with van der Waals surface area (Å²) in [4.78, 5) is 11.8. The molecule has 2 aromatic rings. The Bertz CT molecular complexity index is 701. The molecule has 2 N–H and O–H groups in total. The summed E-state index contributed by atoms with van der Waals surface area (Å²) < 4.78 is 15.7. The Morgan fingerprint density at radius 1 is 1.04 bits per heavy atom. The fraction of sp³-hybridized carbons (Fsp3) is 0.278. The highest BCUT2D eigenvalue weighted by atomic mass is 16.7. The number of rotatable bonds is 6. The van der Waals surface area contributed by atoms with Gasteiger partial charge in [0.2, 0.25) is 6.79 Å².